The number of amides is 1. The SMILES string of the molecule is Cc1cc(CCCC(=O)NC(CO)c2ccccc2)c(C)s1. The van der Waals surface area contributed by atoms with Gasteiger partial charge in [-0.25, -0.2) is 0 Å². The quantitative estimate of drug-likeness (QED) is 0.820. The highest BCUT2D eigenvalue weighted by atomic mass is 32.1. The molecule has 2 N–H and O–H groups in total. The number of hydrogen-bond donors (Lipinski definition) is 2. The van der Waals surface area contributed by atoms with E-state index in [9.17, 15) is 9.90 Å². The zero-order valence-corrected chi connectivity index (χ0v) is 14.0. The van der Waals surface area contributed by atoms with Crippen LogP contribution in [0.5, 0.6) is 0 Å². The van der Waals surface area contributed by atoms with E-state index in [2.05, 4.69) is 25.2 Å². The second-order valence-corrected chi connectivity index (χ2v) is 6.97. The predicted molar refractivity (Wildman–Crippen MR) is 91.1 cm³/mol. The van der Waals surface area contributed by atoms with Gasteiger partial charge in [0.1, 0.15) is 0 Å². The Morgan fingerprint density at radius 2 is 2.00 bits per heavy atom. The van der Waals surface area contributed by atoms with Gasteiger partial charge in [0, 0.05) is 16.2 Å². The molecule has 2 aromatic rings. The molecule has 3 nitrogen and oxygen atoms in total. The molecule has 118 valence electrons. The number of benzene rings is 1. The van der Waals surface area contributed by atoms with Crippen LogP contribution in [-0.2, 0) is 11.2 Å². The Bertz CT molecular complexity index is 607. The minimum absolute atomic E-state index is 0.00694. The number of aliphatic hydroxyl groups is 1. The molecule has 1 heterocycles. The Morgan fingerprint density at radius 3 is 2.59 bits per heavy atom. The van der Waals surface area contributed by atoms with Gasteiger partial charge in [-0.15, -0.1) is 11.3 Å². The fraction of sp³-hybridized carbons (Fsp3) is 0.389. The summed E-state index contributed by atoms with van der Waals surface area (Å²) in [5.41, 5.74) is 2.28. The zero-order valence-electron chi connectivity index (χ0n) is 13.1. The lowest BCUT2D eigenvalue weighted by molar-refractivity contribution is -0.122. The minimum Gasteiger partial charge on any atom is -0.394 e. The van der Waals surface area contributed by atoms with Gasteiger partial charge in [-0.2, -0.15) is 0 Å². The summed E-state index contributed by atoms with van der Waals surface area (Å²) in [6.07, 6.45) is 2.24. The normalized spacial score (nSPS) is 12.1. The van der Waals surface area contributed by atoms with E-state index in [4.69, 9.17) is 0 Å². The molecule has 0 bridgehead atoms. The summed E-state index contributed by atoms with van der Waals surface area (Å²) in [5, 5.41) is 12.4. The van der Waals surface area contributed by atoms with E-state index in [1.807, 2.05) is 30.3 Å². The Kier molecular flexibility index (Phi) is 6.16. The molecular formula is C18H23NO2S. The van der Waals surface area contributed by atoms with Gasteiger partial charge in [-0.05, 0) is 43.9 Å². The van der Waals surface area contributed by atoms with Crippen LogP contribution in [0.25, 0.3) is 0 Å². The zero-order chi connectivity index (χ0) is 15.9. The molecule has 1 atom stereocenters. The fourth-order valence-corrected chi connectivity index (χ4v) is 3.53. The minimum atomic E-state index is -0.321. The second-order valence-electron chi connectivity index (χ2n) is 5.51. The van der Waals surface area contributed by atoms with Crippen molar-refractivity contribution in [1.29, 1.82) is 0 Å². The molecule has 0 aliphatic carbocycles. The Labute approximate surface area is 136 Å². The summed E-state index contributed by atoms with van der Waals surface area (Å²) in [5.74, 6) is -0.00694. The van der Waals surface area contributed by atoms with Crippen molar-refractivity contribution in [2.24, 2.45) is 0 Å². The molecular weight excluding hydrogens is 294 g/mol. The molecule has 4 heteroatoms. The first kappa shape index (κ1) is 16.7. The molecule has 1 unspecified atom stereocenters. The number of aryl methyl sites for hydroxylation is 3. The van der Waals surface area contributed by atoms with Crippen molar-refractivity contribution in [2.75, 3.05) is 6.61 Å². The topological polar surface area (TPSA) is 49.3 Å². The monoisotopic (exact) mass is 317 g/mol. The molecule has 0 radical (unpaired) electrons. The van der Waals surface area contributed by atoms with Crippen LogP contribution in [-0.4, -0.2) is 17.6 Å². The van der Waals surface area contributed by atoms with Gasteiger partial charge in [0.2, 0.25) is 5.91 Å². The number of nitrogens with one attached hydrogen (secondary N) is 1. The van der Waals surface area contributed by atoms with Gasteiger partial charge < -0.3 is 10.4 Å². The van der Waals surface area contributed by atoms with Crippen LogP contribution in [0.1, 0.15) is 39.8 Å². The smallest absolute Gasteiger partial charge is 0.220 e. The van der Waals surface area contributed by atoms with E-state index >= 15 is 0 Å². The summed E-state index contributed by atoms with van der Waals surface area (Å²) < 4.78 is 0. The van der Waals surface area contributed by atoms with Gasteiger partial charge in [-0.1, -0.05) is 30.3 Å². The Hall–Kier alpha value is -1.65. The highest BCUT2D eigenvalue weighted by Gasteiger charge is 2.13. The molecule has 1 amide bonds. The van der Waals surface area contributed by atoms with Crippen LogP contribution in [0.4, 0.5) is 0 Å². The largest absolute Gasteiger partial charge is 0.394 e. The van der Waals surface area contributed by atoms with Crippen LogP contribution >= 0.6 is 11.3 Å². The lowest BCUT2D eigenvalue weighted by Gasteiger charge is -2.16. The molecule has 0 saturated carbocycles. The first-order valence-electron chi connectivity index (χ1n) is 7.61. The van der Waals surface area contributed by atoms with E-state index in [0.717, 1.165) is 18.4 Å². The maximum Gasteiger partial charge on any atom is 0.220 e. The van der Waals surface area contributed by atoms with Crippen LogP contribution in [0, 0.1) is 13.8 Å². The summed E-state index contributed by atoms with van der Waals surface area (Å²) in [6.45, 7) is 4.16. The summed E-state index contributed by atoms with van der Waals surface area (Å²) in [7, 11) is 0. The van der Waals surface area contributed by atoms with Crippen LogP contribution in [0.2, 0.25) is 0 Å². The van der Waals surface area contributed by atoms with Gasteiger partial charge in [0.15, 0.2) is 0 Å². The van der Waals surface area contributed by atoms with Gasteiger partial charge in [-0.3, -0.25) is 4.79 Å². The van der Waals surface area contributed by atoms with Crippen molar-refractivity contribution in [1.82, 2.24) is 5.32 Å². The Morgan fingerprint density at radius 1 is 1.27 bits per heavy atom. The third-order valence-corrected chi connectivity index (χ3v) is 4.72. The standard InChI is InChI=1S/C18H23NO2S/c1-13-11-16(14(2)22-13)9-6-10-18(21)19-17(12-20)15-7-4-3-5-8-15/h3-5,7-8,11,17,20H,6,9-10,12H2,1-2H3,(H,19,21). The number of aliphatic hydroxyl groups excluding tert-OH is 1. The second kappa shape index (κ2) is 8.11. The lowest BCUT2D eigenvalue weighted by atomic mass is 10.1. The average Bonchev–Trinajstić information content (AvgIpc) is 2.83. The molecule has 0 saturated heterocycles. The maximum absolute atomic E-state index is 12.0. The molecule has 0 aliphatic heterocycles. The summed E-state index contributed by atoms with van der Waals surface area (Å²) in [4.78, 5) is 14.7. The van der Waals surface area contributed by atoms with E-state index in [0.29, 0.717) is 6.42 Å². The molecule has 1 aromatic carbocycles. The van der Waals surface area contributed by atoms with E-state index < -0.39 is 0 Å². The summed E-state index contributed by atoms with van der Waals surface area (Å²) >= 11 is 1.81. The number of carbonyl (C=O) groups excluding carboxylic acids is 1. The number of thiophene rings is 1. The highest BCUT2D eigenvalue weighted by molar-refractivity contribution is 7.12. The maximum atomic E-state index is 12.0. The number of hydrogen-bond acceptors (Lipinski definition) is 3. The predicted octanol–water partition coefficient (Wildman–Crippen LogP) is 3.54. The van der Waals surface area contributed by atoms with Crippen molar-refractivity contribution in [3.63, 3.8) is 0 Å². The third-order valence-electron chi connectivity index (χ3n) is 3.71. The highest BCUT2D eigenvalue weighted by Crippen LogP contribution is 2.22. The first-order chi connectivity index (χ1) is 10.6. The van der Waals surface area contributed by atoms with Crippen LogP contribution in [0.3, 0.4) is 0 Å². The van der Waals surface area contributed by atoms with Crippen molar-refractivity contribution in [2.45, 2.75) is 39.2 Å². The molecule has 1 aromatic heterocycles. The fourth-order valence-electron chi connectivity index (χ4n) is 2.56. The number of carbonyl (C=O) groups is 1. The Balaban J connectivity index is 1.81. The molecule has 2 rings (SSSR count). The third kappa shape index (κ3) is 4.68. The van der Waals surface area contributed by atoms with Crippen molar-refractivity contribution in [3.05, 3.63) is 57.3 Å². The van der Waals surface area contributed by atoms with Crippen molar-refractivity contribution in [3.8, 4) is 0 Å². The lowest BCUT2D eigenvalue weighted by Crippen LogP contribution is -2.30. The van der Waals surface area contributed by atoms with Crippen molar-refractivity contribution < 1.29 is 9.90 Å². The first-order valence-corrected chi connectivity index (χ1v) is 8.43. The summed E-state index contributed by atoms with van der Waals surface area (Å²) in [6, 6.07) is 11.5. The van der Waals surface area contributed by atoms with Crippen molar-refractivity contribution >= 4 is 17.2 Å². The van der Waals surface area contributed by atoms with Crippen LogP contribution in [0.15, 0.2) is 36.4 Å². The molecule has 0 spiro atoms. The molecule has 22 heavy (non-hydrogen) atoms. The van der Waals surface area contributed by atoms with E-state index in [-0.39, 0.29) is 18.6 Å². The van der Waals surface area contributed by atoms with Gasteiger partial charge in [0.05, 0.1) is 12.6 Å². The van der Waals surface area contributed by atoms with Gasteiger partial charge >= 0.3 is 0 Å². The average molecular weight is 317 g/mol. The molecule has 0 aliphatic rings. The van der Waals surface area contributed by atoms with E-state index in [1.165, 1.54) is 15.3 Å². The van der Waals surface area contributed by atoms with Gasteiger partial charge in [0.25, 0.3) is 0 Å². The van der Waals surface area contributed by atoms with E-state index in [1.54, 1.807) is 11.3 Å². The van der Waals surface area contributed by atoms with Crippen LogP contribution < -0.4 is 5.32 Å². The number of rotatable bonds is 7. The molecule has 0 fully saturated rings.